The Labute approximate surface area is 158 Å². The number of benzene rings is 2. The average molecular weight is 397 g/mol. The molecular formula is C18H21ClN2O4S. The van der Waals surface area contributed by atoms with Gasteiger partial charge in [-0.15, -0.1) is 0 Å². The molecule has 140 valence electrons. The minimum absolute atomic E-state index is 0.0456. The van der Waals surface area contributed by atoms with E-state index in [1.54, 1.807) is 7.11 Å². The second-order valence-corrected chi connectivity index (χ2v) is 8.06. The van der Waals surface area contributed by atoms with Crippen LogP contribution >= 0.6 is 11.6 Å². The van der Waals surface area contributed by atoms with E-state index in [4.69, 9.17) is 16.3 Å². The lowest BCUT2D eigenvalue weighted by Gasteiger charge is -2.18. The smallest absolute Gasteiger partial charge is 0.251 e. The number of carbonyl (C=O) groups is 1. The maximum Gasteiger partial charge on any atom is 0.251 e. The average Bonchev–Trinajstić information content (AvgIpc) is 2.61. The Bertz CT molecular complexity index is 929. The molecular weight excluding hydrogens is 376 g/mol. The molecule has 8 heteroatoms. The van der Waals surface area contributed by atoms with E-state index in [-0.39, 0.29) is 21.5 Å². The largest absolute Gasteiger partial charge is 0.496 e. The SMILES string of the molecule is CNS(=O)(=O)c1cc(C(=O)N[C@H](C)c2cc(C)ccc2OC)ccc1Cl. The molecule has 0 aromatic heterocycles. The van der Waals surface area contributed by atoms with Crippen molar-refractivity contribution in [1.82, 2.24) is 10.0 Å². The Morgan fingerprint density at radius 3 is 2.50 bits per heavy atom. The van der Waals surface area contributed by atoms with Crippen LogP contribution in [-0.4, -0.2) is 28.5 Å². The molecule has 0 heterocycles. The standard InChI is InChI=1S/C18H21ClN2O4S/c1-11-5-8-16(25-4)14(9-11)12(2)21-18(22)13-6-7-15(19)17(10-13)26(23,24)20-3/h5-10,12,20H,1-4H3,(H,21,22)/t12-/m1/s1. The summed E-state index contributed by atoms with van der Waals surface area (Å²) in [4.78, 5) is 12.4. The van der Waals surface area contributed by atoms with Gasteiger partial charge in [-0.2, -0.15) is 0 Å². The number of nitrogens with one attached hydrogen (secondary N) is 2. The van der Waals surface area contributed by atoms with Crippen molar-refractivity contribution in [2.24, 2.45) is 0 Å². The van der Waals surface area contributed by atoms with Crippen LogP contribution in [-0.2, 0) is 10.0 Å². The summed E-state index contributed by atoms with van der Waals surface area (Å²) in [5.41, 5.74) is 2.07. The highest BCUT2D eigenvalue weighted by atomic mass is 35.5. The highest BCUT2D eigenvalue weighted by Crippen LogP contribution is 2.27. The second-order valence-electron chi connectivity index (χ2n) is 5.79. The summed E-state index contributed by atoms with van der Waals surface area (Å²) in [7, 11) is -0.915. The number of hydrogen-bond donors (Lipinski definition) is 2. The van der Waals surface area contributed by atoms with Crippen molar-refractivity contribution in [3.8, 4) is 5.75 Å². The van der Waals surface area contributed by atoms with Gasteiger partial charge in [-0.05, 0) is 45.2 Å². The first-order valence-electron chi connectivity index (χ1n) is 7.88. The van der Waals surface area contributed by atoms with Crippen molar-refractivity contribution in [2.45, 2.75) is 24.8 Å². The molecule has 0 fully saturated rings. The summed E-state index contributed by atoms with van der Waals surface area (Å²) in [6.07, 6.45) is 0. The summed E-state index contributed by atoms with van der Waals surface area (Å²) in [6, 6.07) is 9.48. The van der Waals surface area contributed by atoms with Crippen LogP contribution < -0.4 is 14.8 Å². The first kappa shape index (κ1) is 20.2. The fourth-order valence-electron chi connectivity index (χ4n) is 2.51. The van der Waals surface area contributed by atoms with Crippen molar-refractivity contribution in [3.63, 3.8) is 0 Å². The number of ether oxygens (including phenoxy) is 1. The predicted molar refractivity (Wildman–Crippen MR) is 101 cm³/mol. The van der Waals surface area contributed by atoms with Gasteiger partial charge in [0.2, 0.25) is 10.0 Å². The van der Waals surface area contributed by atoms with E-state index < -0.39 is 15.9 Å². The predicted octanol–water partition coefficient (Wildman–Crippen LogP) is 3.06. The Hall–Kier alpha value is -2.09. The van der Waals surface area contributed by atoms with Crippen LogP contribution in [0.5, 0.6) is 5.75 Å². The molecule has 0 aliphatic heterocycles. The van der Waals surface area contributed by atoms with E-state index >= 15 is 0 Å². The third kappa shape index (κ3) is 4.35. The van der Waals surface area contributed by atoms with Gasteiger partial charge >= 0.3 is 0 Å². The molecule has 26 heavy (non-hydrogen) atoms. The molecule has 0 saturated heterocycles. The molecule has 0 saturated carbocycles. The molecule has 1 amide bonds. The maximum absolute atomic E-state index is 12.6. The fraction of sp³-hybridized carbons (Fsp3) is 0.278. The maximum atomic E-state index is 12.6. The van der Waals surface area contributed by atoms with Gasteiger partial charge in [0.1, 0.15) is 10.6 Å². The number of sulfonamides is 1. The Morgan fingerprint density at radius 2 is 1.88 bits per heavy atom. The van der Waals surface area contributed by atoms with Crippen LogP contribution in [0, 0.1) is 6.92 Å². The van der Waals surface area contributed by atoms with Crippen molar-refractivity contribution < 1.29 is 17.9 Å². The van der Waals surface area contributed by atoms with Gasteiger partial charge in [0.05, 0.1) is 18.2 Å². The number of halogens is 1. The monoisotopic (exact) mass is 396 g/mol. The van der Waals surface area contributed by atoms with E-state index in [0.717, 1.165) is 11.1 Å². The number of amides is 1. The molecule has 0 unspecified atom stereocenters. The van der Waals surface area contributed by atoms with Gasteiger partial charge in [0.25, 0.3) is 5.91 Å². The summed E-state index contributed by atoms with van der Waals surface area (Å²) in [5, 5.41) is 2.90. The summed E-state index contributed by atoms with van der Waals surface area (Å²) in [5.74, 6) is 0.253. The van der Waals surface area contributed by atoms with E-state index in [1.807, 2.05) is 32.0 Å². The lowest BCUT2D eigenvalue weighted by molar-refractivity contribution is 0.0939. The molecule has 2 aromatic carbocycles. The Kier molecular flexibility index (Phi) is 6.28. The molecule has 0 aliphatic rings. The van der Waals surface area contributed by atoms with E-state index in [0.29, 0.717) is 5.75 Å². The number of aryl methyl sites for hydroxylation is 1. The van der Waals surface area contributed by atoms with Crippen LogP contribution in [0.1, 0.15) is 34.5 Å². The lowest BCUT2D eigenvalue weighted by Crippen LogP contribution is -2.27. The van der Waals surface area contributed by atoms with Crippen LogP contribution in [0.2, 0.25) is 5.02 Å². The molecule has 0 spiro atoms. The van der Waals surface area contributed by atoms with Crippen LogP contribution in [0.15, 0.2) is 41.3 Å². The van der Waals surface area contributed by atoms with E-state index in [2.05, 4.69) is 10.0 Å². The van der Waals surface area contributed by atoms with E-state index in [1.165, 1.54) is 25.2 Å². The number of carbonyl (C=O) groups excluding carboxylic acids is 1. The Morgan fingerprint density at radius 1 is 1.19 bits per heavy atom. The summed E-state index contributed by atoms with van der Waals surface area (Å²) in [6.45, 7) is 3.78. The first-order chi connectivity index (χ1) is 12.2. The van der Waals surface area contributed by atoms with E-state index in [9.17, 15) is 13.2 Å². The van der Waals surface area contributed by atoms with Gasteiger partial charge in [0, 0.05) is 11.1 Å². The molecule has 0 aliphatic carbocycles. The summed E-state index contributed by atoms with van der Waals surface area (Å²) >= 11 is 5.96. The zero-order valence-corrected chi connectivity index (χ0v) is 16.5. The minimum atomic E-state index is -3.76. The molecule has 2 rings (SSSR count). The van der Waals surface area contributed by atoms with Gasteiger partial charge < -0.3 is 10.1 Å². The van der Waals surface area contributed by atoms with Gasteiger partial charge in [-0.25, -0.2) is 13.1 Å². The zero-order chi connectivity index (χ0) is 19.5. The summed E-state index contributed by atoms with van der Waals surface area (Å²) < 4.78 is 31.6. The molecule has 0 radical (unpaired) electrons. The first-order valence-corrected chi connectivity index (χ1v) is 9.74. The van der Waals surface area contributed by atoms with Gasteiger partial charge in [-0.1, -0.05) is 29.3 Å². The quantitative estimate of drug-likeness (QED) is 0.785. The third-order valence-electron chi connectivity index (χ3n) is 3.95. The lowest BCUT2D eigenvalue weighted by atomic mass is 10.0. The molecule has 1 atom stereocenters. The van der Waals surface area contributed by atoms with Crippen molar-refractivity contribution in [3.05, 3.63) is 58.1 Å². The number of hydrogen-bond acceptors (Lipinski definition) is 4. The molecule has 2 N–H and O–H groups in total. The van der Waals surface area contributed by atoms with Gasteiger partial charge in [-0.3, -0.25) is 4.79 Å². The topological polar surface area (TPSA) is 84.5 Å². The van der Waals surface area contributed by atoms with Gasteiger partial charge in [0.15, 0.2) is 0 Å². The minimum Gasteiger partial charge on any atom is -0.496 e. The number of rotatable bonds is 6. The van der Waals surface area contributed by atoms with Crippen molar-refractivity contribution in [1.29, 1.82) is 0 Å². The van der Waals surface area contributed by atoms with Crippen LogP contribution in [0.4, 0.5) is 0 Å². The van der Waals surface area contributed by atoms with Crippen molar-refractivity contribution >= 4 is 27.5 Å². The Balaban J connectivity index is 2.31. The highest BCUT2D eigenvalue weighted by molar-refractivity contribution is 7.89. The highest BCUT2D eigenvalue weighted by Gasteiger charge is 2.20. The molecule has 6 nitrogen and oxygen atoms in total. The normalized spacial score (nSPS) is 12.5. The number of methoxy groups -OCH3 is 1. The molecule has 2 aromatic rings. The van der Waals surface area contributed by atoms with Crippen LogP contribution in [0.25, 0.3) is 0 Å². The molecule has 0 bridgehead atoms. The second kappa shape index (κ2) is 8.07. The van der Waals surface area contributed by atoms with Crippen LogP contribution in [0.3, 0.4) is 0 Å². The van der Waals surface area contributed by atoms with Crippen molar-refractivity contribution in [2.75, 3.05) is 14.2 Å². The fourth-order valence-corrected chi connectivity index (χ4v) is 3.76. The third-order valence-corrected chi connectivity index (χ3v) is 5.85. The zero-order valence-electron chi connectivity index (χ0n) is 15.0.